The molecule has 4 nitrogen and oxygen atoms in total. The zero-order valence-corrected chi connectivity index (χ0v) is 12.9. The van der Waals surface area contributed by atoms with Crippen LogP contribution in [0.3, 0.4) is 0 Å². The number of aromatic amines is 1. The van der Waals surface area contributed by atoms with Gasteiger partial charge in [0.25, 0.3) is 5.91 Å². The molecule has 0 fully saturated rings. The van der Waals surface area contributed by atoms with Crippen molar-refractivity contribution >= 4 is 50.8 Å². The third-order valence-electron chi connectivity index (χ3n) is 3.07. The molecule has 0 bridgehead atoms. The van der Waals surface area contributed by atoms with Crippen molar-refractivity contribution in [3.05, 3.63) is 57.5 Å². The third kappa shape index (κ3) is 2.85. The van der Waals surface area contributed by atoms with Crippen molar-refractivity contribution < 1.29 is 9.18 Å². The van der Waals surface area contributed by atoms with Gasteiger partial charge in [0.1, 0.15) is 11.5 Å². The Hall–Kier alpha value is -2.09. The number of fused-ring (bicyclic) bond motifs is 1. The molecule has 1 heterocycles. The van der Waals surface area contributed by atoms with Crippen LogP contribution in [0.5, 0.6) is 0 Å². The molecule has 4 N–H and O–H groups in total. The van der Waals surface area contributed by atoms with Crippen LogP contribution in [-0.4, -0.2) is 10.9 Å². The lowest BCUT2D eigenvalue weighted by Gasteiger charge is -2.06. The Balaban J connectivity index is 1.89. The van der Waals surface area contributed by atoms with E-state index in [0.717, 1.165) is 10.9 Å². The van der Waals surface area contributed by atoms with Crippen molar-refractivity contribution in [1.82, 2.24) is 4.98 Å². The van der Waals surface area contributed by atoms with E-state index in [1.54, 1.807) is 18.2 Å². The molecular weight excluding hydrogens is 384 g/mol. The summed E-state index contributed by atoms with van der Waals surface area (Å²) in [5.41, 5.74) is 8.19. The molecule has 0 aliphatic heterocycles. The number of nitrogens with one attached hydrogen (secondary N) is 2. The minimum atomic E-state index is -0.335. The SMILES string of the molecule is Nc1ccc2[nH]c(C(=O)Nc3ccc(F)cc3I)cc2c1. The van der Waals surface area contributed by atoms with Crippen LogP contribution in [0.1, 0.15) is 10.5 Å². The number of nitrogens with two attached hydrogens (primary N) is 1. The molecule has 3 rings (SSSR count). The summed E-state index contributed by atoms with van der Waals surface area (Å²) in [5.74, 6) is -0.618. The maximum Gasteiger partial charge on any atom is 0.272 e. The van der Waals surface area contributed by atoms with Crippen molar-refractivity contribution in [2.24, 2.45) is 0 Å². The van der Waals surface area contributed by atoms with E-state index in [1.165, 1.54) is 18.2 Å². The molecule has 0 atom stereocenters. The van der Waals surface area contributed by atoms with Crippen LogP contribution in [0.25, 0.3) is 10.9 Å². The molecule has 0 aliphatic rings. The summed E-state index contributed by atoms with van der Waals surface area (Å²) in [6.07, 6.45) is 0. The highest BCUT2D eigenvalue weighted by atomic mass is 127. The molecule has 6 heteroatoms. The van der Waals surface area contributed by atoms with Gasteiger partial charge in [-0.25, -0.2) is 4.39 Å². The summed E-state index contributed by atoms with van der Waals surface area (Å²) >= 11 is 1.98. The summed E-state index contributed by atoms with van der Waals surface area (Å²) in [4.78, 5) is 15.3. The van der Waals surface area contributed by atoms with E-state index in [4.69, 9.17) is 5.73 Å². The van der Waals surface area contributed by atoms with Gasteiger partial charge in [0.2, 0.25) is 0 Å². The van der Waals surface area contributed by atoms with Crippen molar-refractivity contribution in [3.63, 3.8) is 0 Å². The highest BCUT2D eigenvalue weighted by molar-refractivity contribution is 14.1. The number of hydrogen-bond donors (Lipinski definition) is 3. The molecule has 1 amide bonds. The van der Waals surface area contributed by atoms with Gasteiger partial charge in [-0.2, -0.15) is 0 Å². The molecule has 0 saturated carbocycles. The second kappa shape index (κ2) is 5.36. The van der Waals surface area contributed by atoms with E-state index < -0.39 is 0 Å². The smallest absolute Gasteiger partial charge is 0.272 e. The first-order valence-electron chi connectivity index (χ1n) is 6.17. The van der Waals surface area contributed by atoms with Crippen molar-refractivity contribution in [3.8, 4) is 0 Å². The number of H-pyrrole nitrogens is 1. The third-order valence-corrected chi connectivity index (χ3v) is 3.96. The van der Waals surface area contributed by atoms with Crippen molar-refractivity contribution in [1.29, 1.82) is 0 Å². The van der Waals surface area contributed by atoms with Crippen LogP contribution < -0.4 is 11.1 Å². The van der Waals surface area contributed by atoms with Gasteiger partial charge in [0.05, 0.1) is 5.69 Å². The number of rotatable bonds is 2. The van der Waals surface area contributed by atoms with Crippen LogP contribution in [0, 0.1) is 9.39 Å². The van der Waals surface area contributed by atoms with Gasteiger partial charge < -0.3 is 16.0 Å². The first-order chi connectivity index (χ1) is 10.0. The van der Waals surface area contributed by atoms with Gasteiger partial charge in [-0.15, -0.1) is 0 Å². The molecule has 0 aliphatic carbocycles. The fourth-order valence-electron chi connectivity index (χ4n) is 2.05. The second-order valence-corrected chi connectivity index (χ2v) is 5.77. The Labute approximate surface area is 133 Å². The molecule has 1 aromatic heterocycles. The fourth-order valence-corrected chi connectivity index (χ4v) is 2.67. The minimum absolute atomic E-state index is 0.283. The second-order valence-electron chi connectivity index (χ2n) is 4.61. The lowest BCUT2D eigenvalue weighted by atomic mass is 10.2. The van der Waals surface area contributed by atoms with Crippen molar-refractivity contribution in [2.75, 3.05) is 11.1 Å². The van der Waals surface area contributed by atoms with Crippen LogP contribution in [0.4, 0.5) is 15.8 Å². The normalized spacial score (nSPS) is 10.8. The molecule has 0 spiro atoms. The number of anilines is 2. The zero-order valence-electron chi connectivity index (χ0n) is 10.8. The molecule has 106 valence electrons. The van der Waals surface area contributed by atoms with E-state index in [0.29, 0.717) is 20.6 Å². The minimum Gasteiger partial charge on any atom is -0.399 e. The predicted molar refractivity (Wildman–Crippen MR) is 89.8 cm³/mol. The number of hydrogen-bond acceptors (Lipinski definition) is 2. The maximum atomic E-state index is 13.0. The van der Waals surface area contributed by atoms with E-state index in [1.807, 2.05) is 28.7 Å². The van der Waals surface area contributed by atoms with Crippen LogP contribution >= 0.6 is 22.6 Å². The van der Waals surface area contributed by atoms with Gasteiger partial charge in [0, 0.05) is 20.2 Å². The number of aromatic nitrogens is 1. The van der Waals surface area contributed by atoms with Crippen LogP contribution in [0.2, 0.25) is 0 Å². The summed E-state index contributed by atoms with van der Waals surface area (Å²) in [7, 11) is 0. The predicted octanol–water partition coefficient (Wildman–Crippen LogP) is 3.75. The topological polar surface area (TPSA) is 70.9 Å². The van der Waals surface area contributed by atoms with Gasteiger partial charge in [0.15, 0.2) is 0 Å². The van der Waals surface area contributed by atoms with Crippen LogP contribution in [0.15, 0.2) is 42.5 Å². The van der Waals surface area contributed by atoms with Gasteiger partial charge >= 0.3 is 0 Å². The maximum absolute atomic E-state index is 13.0. The molecule has 3 aromatic rings. The Kier molecular flexibility index (Phi) is 3.54. The number of benzene rings is 2. The molecule has 0 radical (unpaired) electrons. The van der Waals surface area contributed by atoms with E-state index in [-0.39, 0.29) is 11.7 Å². The van der Waals surface area contributed by atoms with E-state index >= 15 is 0 Å². The number of carbonyl (C=O) groups is 1. The monoisotopic (exact) mass is 395 g/mol. The Morgan fingerprint density at radius 1 is 1.19 bits per heavy atom. The summed E-state index contributed by atoms with van der Waals surface area (Å²) in [6.45, 7) is 0. The van der Waals surface area contributed by atoms with Crippen molar-refractivity contribution in [2.45, 2.75) is 0 Å². The Morgan fingerprint density at radius 2 is 2.00 bits per heavy atom. The first kappa shape index (κ1) is 13.9. The van der Waals surface area contributed by atoms with Gasteiger partial charge in [-0.1, -0.05) is 0 Å². The summed E-state index contributed by atoms with van der Waals surface area (Å²) in [5, 5.41) is 3.62. The average Bonchev–Trinajstić information content (AvgIpc) is 2.85. The fraction of sp³-hybridized carbons (Fsp3) is 0. The number of carbonyl (C=O) groups excluding carboxylic acids is 1. The number of nitrogen functional groups attached to an aromatic ring is 1. The molecule has 21 heavy (non-hydrogen) atoms. The van der Waals surface area contributed by atoms with Crippen LogP contribution in [-0.2, 0) is 0 Å². The Bertz CT molecular complexity index is 844. The Morgan fingerprint density at radius 3 is 2.76 bits per heavy atom. The molecule has 0 unspecified atom stereocenters. The lowest BCUT2D eigenvalue weighted by Crippen LogP contribution is -2.13. The van der Waals surface area contributed by atoms with E-state index in [9.17, 15) is 9.18 Å². The zero-order chi connectivity index (χ0) is 15.0. The van der Waals surface area contributed by atoms with E-state index in [2.05, 4.69) is 10.3 Å². The molecular formula is C15H11FIN3O. The largest absolute Gasteiger partial charge is 0.399 e. The van der Waals surface area contributed by atoms with Gasteiger partial charge in [-0.3, -0.25) is 4.79 Å². The summed E-state index contributed by atoms with van der Waals surface area (Å²) in [6, 6.07) is 11.3. The highest BCUT2D eigenvalue weighted by Gasteiger charge is 2.11. The number of halogens is 2. The highest BCUT2D eigenvalue weighted by Crippen LogP contribution is 2.22. The molecule has 0 saturated heterocycles. The quantitative estimate of drug-likeness (QED) is 0.457. The average molecular weight is 395 g/mol. The lowest BCUT2D eigenvalue weighted by molar-refractivity contribution is 0.102. The first-order valence-corrected chi connectivity index (χ1v) is 7.25. The molecule has 2 aromatic carbocycles. The number of amides is 1. The summed E-state index contributed by atoms with van der Waals surface area (Å²) < 4.78 is 13.7. The standard InChI is InChI=1S/C15H11FIN3O/c16-9-1-3-13(11(17)7-9)20-15(21)14-6-8-5-10(18)2-4-12(8)19-14/h1-7,19H,18H2,(H,20,21). The van der Waals surface area contributed by atoms with Gasteiger partial charge in [-0.05, 0) is 65.1 Å².